The minimum absolute atomic E-state index is 0.224. The van der Waals surface area contributed by atoms with Crippen molar-refractivity contribution < 1.29 is 0 Å². The molecule has 0 fully saturated rings. The highest BCUT2D eigenvalue weighted by atomic mass is 32.6. The molecule has 92 valence electrons. The van der Waals surface area contributed by atoms with E-state index in [4.69, 9.17) is 0 Å². The van der Waals surface area contributed by atoms with Gasteiger partial charge in [0.15, 0.2) is 0 Å². The zero-order chi connectivity index (χ0) is 12.7. The van der Waals surface area contributed by atoms with Crippen LogP contribution < -0.4 is 11.1 Å². The Balaban J connectivity index is 2.99. The highest BCUT2D eigenvalue weighted by molar-refractivity contribution is 8.60. The molecule has 6 nitrogen and oxygen atoms in total. The van der Waals surface area contributed by atoms with Gasteiger partial charge >= 0.3 is 0 Å². The lowest BCUT2D eigenvalue weighted by molar-refractivity contribution is 0.701. The number of fused-ring (bicyclic) bond motifs is 1. The predicted molar refractivity (Wildman–Crippen MR) is 80.4 cm³/mol. The summed E-state index contributed by atoms with van der Waals surface area (Å²) in [6.07, 6.45) is 0. The first-order chi connectivity index (χ1) is 7.97. The standard InChI is InChI=1S/C7H12N4O2P4/c1-3-4-5(11(8-3)17(15)16-14)7(13)10(2)9-6(4)12/h16H,14-15H2,1-2H3,(H,9,12). The van der Waals surface area contributed by atoms with Crippen LogP contribution in [-0.2, 0) is 7.05 Å². The Morgan fingerprint density at radius 2 is 2.12 bits per heavy atom. The van der Waals surface area contributed by atoms with E-state index < -0.39 is 7.45 Å². The second kappa shape index (κ2) is 4.86. The first kappa shape index (κ1) is 13.3. The Morgan fingerprint density at radius 3 is 2.71 bits per heavy atom. The summed E-state index contributed by atoms with van der Waals surface area (Å²) >= 11 is 0. The largest absolute Gasteiger partial charge is 0.291 e. The lowest BCUT2D eigenvalue weighted by atomic mass is 10.3. The summed E-state index contributed by atoms with van der Waals surface area (Å²) < 4.78 is 2.87. The third-order valence-electron chi connectivity index (χ3n) is 2.38. The van der Waals surface area contributed by atoms with E-state index in [1.807, 2.05) is 0 Å². The second-order valence-corrected chi connectivity index (χ2v) is 12.3. The topological polar surface area (TPSA) is 72.7 Å². The number of aromatic amines is 1. The molecule has 0 aliphatic rings. The van der Waals surface area contributed by atoms with Crippen LogP contribution in [0.5, 0.6) is 0 Å². The van der Waals surface area contributed by atoms with Gasteiger partial charge in [0.25, 0.3) is 11.1 Å². The number of H-pyrrole nitrogens is 1. The summed E-state index contributed by atoms with van der Waals surface area (Å²) in [7, 11) is 6.78. The minimum Gasteiger partial charge on any atom is -0.267 e. The molecule has 2 aromatic heterocycles. The maximum Gasteiger partial charge on any atom is 0.291 e. The zero-order valence-electron chi connectivity index (χ0n) is 9.26. The molecular formula is C7H12N4O2P4. The summed E-state index contributed by atoms with van der Waals surface area (Å²) in [4.78, 5) is 23.9. The molecule has 0 radical (unpaired) electrons. The van der Waals surface area contributed by atoms with Gasteiger partial charge in [-0.3, -0.25) is 19.4 Å². The highest BCUT2D eigenvalue weighted by Gasteiger charge is 2.18. The van der Waals surface area contributed by atoms with Crippen LogP contribution in [0.15, 0.2) is 9.59 Å². The van der Waals surface area contributed by atoms with Gasteiger partial charge in [0.2, 0.25) is 0 Å². The van der Waals surface area contributed by atoms with Gasteiger partial charge in [-0.05, 0) is 14.9 Å². The van der Waals surface area contributed by atoms with Gasteiger partial charge in [-0.25, -0.2) is 4.45 Å². The van der Waals surface area contributed by atoms with Crippen molar-refractivity contribution in [2.45, 2.75) is 6.92 Å². The third kappa shape index (κ3) is 2.13. The van der Waals surface area contributed by atoms with Crippen molar-refractivity contribution in [1.82, 2.24) is 19.3 Å². The Bertz CT molecular complexity index is 687. The second-order valence-electron chi connectivity index (χ2n) is 3.48. The Kier molecular flexibility index (Phi) is 3.80. The van der Waals surface area contributed by atoms with Crippen molar-refractivity contribution in [3.05, 3.63) is 26.4 Å². The van der Waals surface area contributed by atoms with Crippen molar-refractivity contribution in [1.29, 1.82) is 0 Å². The van der Waals surface area contributed by atoms with Crippen LogP contribution >= 0.6 is 33.3 Å². The van der Waals surface area contributed by atoms with Crippen molar-refractivity contribution in [2.75, 3.05) is 0 Å². The molecule has 2 aromatic rings. The van der Waals surface area contributed by atoms with Crippen molar-refractivity contribution in [3.8, 4) is 0 Å². The Hall–Kier alpha value is -0.130. The average Bonchev–Trinajstić information content (AvgIpc) is 2.63. The number of rotatable bonds is 2. The number of nitrogens with zero attached hydrogens (tertiary/aromatic N) is 3. The summed E-state index contributed by atoms with van der Waals surface area (Å²) in [5, 5.41) is 7.19. The summed E-state index contributed by atoms with van der Waals surface area (Å²) in [5.74, 6) is 0. The molecule has 2 rings (SSSR count). The smallest absolute Gasteiger partial charge is 0.267 e. The molecule has 10 heteroatoms. The fraction of sp³-hybridized carbons (Fsp3) is 0.286. The average molecular weight is 308 g/mol. The number of aryl methyl sites for hydroxylation is 2. The van der Waals surface area contributed by atoms with E-state index in [2.05, 4.69) is 28.1 Å². The van der Waals surface area contributed by atoms with Crippen LogP contribution in [0.25, 0.3) is 10.9 Å². The molecule has 0 aliphatic heterocycles. The van der Waals surface area contributed by atoms with E-state index in [9.17, 15) is 9.59 Å². The monoisotopic (exact) mass is 308 g/mol. The molecule has 4 atom stereocenters. The maximum atomic E-state index is 12.1. The molecule has 0 saturated carbocycles. The lowest BCUT2D eigenvalue weighted by Crippen LogP contribution is -2.28. The van der Waals surface area contributed by atoms with Gasteiger partial charge in [-0.15, -0.1) is 8.93 Å². The first-order valence-corrected chi connectivity index (χ1v) is 11.2. The first-order valence-electron chi connectivity index (χ1n) is 4.67. The van der Waals surface area contributed by atoms with E-state index in [1.54, 1.807) is 11.4 Å². The van der Waals surface area contributed by atoms with Gasteiger partial charge in [0.1, 0.15) is 5.52 Å². The van der Waals surface area contributed by atoms with E-state index in [1.165, 1.54) is 11.7 Å². The van der Waals surface area contributed by atoms with Crippen molar-refractivity contribution in [2.24, 2.45) is 7.05 Å². The number of aromatic nitrogens is 4. The maximum absolute atomic E-state index is 12.1. The molecule has 0 amide bonds. The van der Waals surface area contributed by atoms with E-state index in [-0.39, 0.29) is 11.1 Å². The van der Waals surface area contributed by atoms with Gasteiger partial charge in [0, 0.05) is 7.05 Å². The van der Waals surface area contributed by atoms with E-state index in [0.717, 1.165) is 0 Å². The van der Waals surface area contributed by atoms with E-state index in [0.29, 0.717) is 24.6 Å². The zero-order valence-corrected chi connectivity index (χ0v) is 13.5. The SMILES string of the molecule is Cc1nn(P(P)PP)c2c(=O)n(C)[nH]c(=O)c12. The molecule has 0 saturated heterocycles. The molecule has 0 aromatic carbocycles. The number of hydrogen-bond donors (Lipinski definition) is 1. The summed E-state index contributed by atoms with van der Waals surface area (Å²) in [5.41, 5.74) is 0.492. The van der Waals surface area contributed by atoms with Gasteiger partial charge in [-0.2, -0.15) is 5.10 Å². The molecule has 2 heterocycles. The van der Waals surface area contributed by atoms with Crippen LogP contribution in [-0.4, -0.2) is 19.3 Å². The summed E-state index contributed by atoms with van der Waals surface area (Å²) in [6, 6.07) is 0. The lowest BCUT2D eigenvalue weighted by Gasteiger charge is -2.09. The normalized spacial score (nSPS) is 13.9. The van der Waals surface area contributed by atoms with Gasteiger partial charge in [-0.1, -0.05) is 8.93 Å². The van der Waals surface area contributed by atoms with Crippen molar-refractivity contribution >= 4 is 44.2 Å². The Labute approximate surface area is 104 Å². The minimum atomic E-state index is -0.647. The van der Waals surface area contributed by atoms with Crippen molar-refractivity contribution in [3.63, 3.8) is 0 Å². The molecule has 0 spiro atoms. The number of hydrogen-bond acceptors (Lipinski definition) is 3. The fourth-order valence-corrected chi connectivity index (χ4v) is 4.60. The fourth-order valence-electron chi connectivity index (χ4n) is 1.61. The molecular weight excluding hydrogens is 296 g/mol. The third-order valence-corrected chi connectivity index (χ3v) is 11.8. The van der Waals surface area contributed by atoms with Crippen LogP contribution in [0.1, 0.15) is 5.69 Å². The van der Waals surface area contributed by atoms with Crippen LogP contribution in [0.2, 0.25) is 0 Å². The summed E-state index contributed by atoms with van der Waals surface area (Å²) in [6.45, 7) is 1.74. The molecule has 0 bridgehead atoms. The van der Waals surface area contributed by atoms with Crippen LogP contribution in [0.4, 0.5) is 0 Å². The van der Waals surface area contributed by atoms with Crippen LogP contribution in [0.3, 0.4) is 0 Å². The molecule has 17 heavy (non-hydrogen) atoms. The molecule has 4 unspecified atom stereocenters. The molecule has 1 N–H and O–H groups in total. The highest BCUT2D eigenvalue weighted by Crippen LogP contribution is 2.66. The van der Waals surface area contributed by atoms with Gasteiger partial charge in [0.05, 0.1) is 18.5 Å². The molecule has 0 aliphatic carbocycles. The Morgan fingerprint density at radius 1 is 1.47 bits per heavy atom. The van der Waals surface area contributed by atoms with Crippen LogP contribution in [0, 0.1) is 6.92 Å². The predicted octanol–water partition coefficient (Wildman–Crippen LogP) is 1.15. The van der Waals surface area contributed by atoms with E-state index >= 15 is 0 Å². The van der Waals surface area contributed by atoms with Gasteiger partial charge < -0.3 is 0 Å². The quantitative estimate of drug-likeness (QED) is 0.846. The number of nitrogens with one attached hydrogen (secondary N) is 1.